The molecular weight excluding hydrogens is 260 g/mol. The van der Waals surface area contributed by atoms with Crippen LogP contribution in [0.5, 0.6) is 0 Å². The van der Waals surface area contributed by atoms with Crippen molar-refractivity contribution in [3.63, 3.8) is 0 Å². The maximum atomic E-state index is 12.9. The lowest BCUT2D eigenvalue weighted by atomic mass is 9.65. The molecule has 0 aromatic rings. The summed E-state index contributed by atoms with van der Waals surface area (Å²) < 4.78 is 5.95. The molecule has 0 bridgehead atoms. The van der Waals surface area contributed by atoms with Gasteiger partial charge in [-0.2, -0.15) is 0 Å². The minimum Gasteiger partial charge on any atom is -0.377 e. The Morgan fingerprint density at radius 2 is 1.52 bits per heavy atom. The van der Waals surface area contributed by atoms with E-state index in [4.69, 9.17) is 4.74 Å². The van der Waals surface area contributed by atoms with Gasteiger partial charge in [0, 0.05) is 23.2 Å². The second kappa shape index (κ2) is 5.08. The lowest BCUT2D eigenvalue weighted by molar-refractivity contribution is -0.114. The zero-order valence-corrected chi connectivity index (χ0v) is 14.7. The number of allylic oxidation sites excluding steroid dienone is 2. The molecule has 0 N–H and O–H groups in total. The molecule has 2 heteroatoms. The molecule has 2 aliphatic rings. The Hall–Kier alpha value is -0.890. The van der Waals surface area contributed by atoms with Crippen LogP contribution in [0.25, 0.3) is 0 Å². The molecule has 1 aliphatic heterocycles. The van der Waals surface area contributed by atoms with Crippen molar-refractivity contribution in [1.29, 1.82) is 0 Å². The number of carbonyl (C=O) groups excluding carboxylic acids is 1. The zero-order valence-electron chi connectivity index (χ0n) is 14.7. The quantitative estimate of drug-likeness (QED) is 0.699. The number of carbonyl (C=O) groups is 1. The summed E-state index contributed by atoms with van der Waals surface area (Å²) in [7, 11) is 0. The second-order valence-electron chi connectivity index (χ2n) is 8.81. The largest absolute Gasteiger partial charge is 0.377 e. The van der Waals surface area contributed by atoms with Crippen molar-refractivity contribution in [2.24, 2.45) is 16.2 Å². The van der Waals surface area contributed by atoms with E-state index < -0.39 is 0 Å². The second-order valence-corrected chi connectivity index (χ2v) is 8.81. The minimum atomic E-state index is -0.171. The van der Waals surface area contributed by atoms with E-state index in [0.717, 1.165) is 30.6 Å². The van der Waals surface area contributed by atoms with E-state index >= 15 is 0 Å². The molecule has 1 unspecified atom stereocenters. The van der Waals surface area contributed by atoms with E-state index in [1.165, 1.54) is 0 Å². The molecule has 1 fully saturated rings. The average molecular weight is 290 g/mol. The number of Topliss-reactive ketones (excluding diaryl/α,β-unsaturated/α-hetero) is 1. The lowest BCUT2D eigenvalue weighted by Crippen LogP contribution is -2.37. The SMILES string of the molecule is CC(C)(C)C1=CC(C)(C2CCCO2)C=C(C(C)(C)C)C1=O. The summed E-state index contributed by atoms with van der Waals surface area (Å²) in [6.45, 7) is 15.8. The number of ether oxygens (including phenoxy) is 1. The van der Waals surface area contributed by atoms with Crippen LogP contribution < -0.4 is 0 Å². The summed E-state index contributed by atoms with van der Waals surface area (Å²) in [5, 5.41) is 0. The molecule has 1 saturated heterocycles. The van der Waals surface area contributed by atoms with Crippen LogP contribution in [-0.2, 0) is 9.53 Å². The van der Waals surface area contributed by atoms with Gasteiger partial charge in [-0.1, -0.05) is 60.6 Å². The van der Waals surface area contributed by atoms with E-state index in [2.05, 4.69) is 60.6 Å². The van der Waals surface area contributed by atoms with Crippen molar-refractivity contribution in [3.05, 3.63) is 23.3 Å². The Balaban J connectivity index is 2.54. The molecular formula is C19H30O2. The fraction of sp³-hybridized carbons (Fsp3) is 0.737. The molecule has 1 atom stereocenters. The van der Waals surface area contributed by atoms with E-state index in [1.807, 2.05) is 0 Å². The Morgan fingerprint density at radius 3 is 1.86 bits per heavy atom. The van der Waals surface area contributed by atoms with Gasteiger partial charge in [0.1, 0.15) is 0 Å². The van der Waals surface area contributed by atoms with Gasteiger partial charge in [-0.3, -0.25) is 4.79 Å². The highest BCUT2D eigenvalue weighted by molar-refractivity contribution is 6.10. The van der Waals surface area contributed by atoms with Crippen molar-refractivity contribution in [3.8, 4) is 0 Å². The van der Waals surface area contributed by atoms with E-state index in [9.17, 15) is 4.79 Å². The normalized spacial score (nSPS) is 26.6. The van der Waals surface area contributed by atoms with E-state index in [0.29, 0.717) is 0 Å². The molecule has 2 nitrogen and oxygen atoms in total. The summed E-state index contributed by atoms with van der Waals surface area (Å²) in [6.07, 6.45) is 6.75. The molecule has 0 spiro atoms. The summed E-state index contributed by atoms with van der Waals surface area (Å²) >= 11 is 0. The molecule has 1 aliphatic carbocycles. The molecule has 118 valence electrons. The average Bonchev–Trinajstić information content (AvgIpc) is 2.83. The van der Waals surface area contributed by atoms with Gasteiger partial charge in [0.15, 0.2) is 5.78 Å². The predicted molar refractivity (Wildman–Crippen MR) is 87.2 cm³/mol. The van der Waals surface area contributed by atoms with Crippen LogP contribution >= 0.6 is 0 Å². The van der Waals surface area contributed by atoms with Crippen molar-refractivity contribution in [2.75, 3.05) is 6.61 Å². The fourth-order valence-corrected chi connectivity index (χ4v) is 3.31. The highest BCUT2D eigenvalue weighted by atomic mass is 16.5. The Kier molecular flexibility index (Phi) is 3.99. The van der Waals surface area contributed by atoms with Crippen LogP contribution in [0.3, 0.4) is 0 Å². The number of hydrogen-bond donors (Lipinski definition) is 0. The third-order valence-electron chi connectivity index (χ3n) is 4.64. The van der Waals surface area contributed by atoms with E-state index in [1.54, 1.807) is 0 Å². The Bertz CT molecular complexity index is 455. The zero-order chi connectivity index (χ0) is 16.1. The van der Waals surface area contributed by atoms with Crippen molar-refractivity contribution in [2.45, 2.75) is 67.4 Å². The summed E-state index contributed by atoms with van der Waals surface area (Å²) in [5.74, 6) is 0.213. The Morgan fingerprint density at radius 1 is 1.05 bits per heavy atom. The third-order valence-corrected chi connectivity index (χ3v) is 4.64. The van der Waals surface area contributed by atoms with Crippen LogP contribution in [-0.4, -0.2) is 18.5 Å². The predicted octanol–water partition coefficient (Wildman–Crippen LogP) is 4.70. The Labute approximate surface area is 129 Å². The molecule has 21 heavy (non-hydrogen) atoms. The topological polar surface area (TPSA) is 26.3 Å². The molecule has 0 aromatic heterocycles. The van der Waals surface area contributed by atoms with Crippen LogP contribution in [0, 0.1) is 16.2 Å². The van der Waals surface area contributed by atoms with Gasteiger partial charge in [0.25, 0.3) is 0 Å². The first-order valence-corrected chi connectivity index (χ1v) is 8.08. The maximum Gasteiger partial charge on any atom is 0.185 e. The first-order valence-electron chi connectivity index (χ1n) is 8.08. The van der Waals surface area contributed by atoms with Gasteiger partial charge in [0.2, 0.25) is 0 Å². The summed E-state index contributed by atoms with van der Waals surface area (Å²) in [4.78, 5) is 12.9. The highest BCUT2D eigenvalue weighted by Gasteiger charge is 2.43. The van der Waals surface area contributed by atoms with Crippen LogP contribution in [0.2, 0.25) is 0 Å². The smallest absolute Gasteiger partial charge is 0.185 e. The summed E-state index contributed by atoms with van der Waals surface area (Å²) in [6, 6.07) is 0. The van der Waals surface area contributed by atoms with Crippen molar-refractivity contribution >= 4 is 5.78 Å². The van der Waals surface area contributed by atoms with Crippen LogP contribution in [0.1, 0.15) is 61.3 Å². The van der Waals surface area contributed by atoms with Gasteiger partial charge in [-0.15, -0.1) is 0 Å². The van der Waals surface area contributed by atoms with Crippen molar-refractivity contribution < 1.29 is 9.53 Å². The molecule has 0 radical (unpaired) electrons. The van der Waals surface area contributed by atoms with Gasteiger partial charge in [-0.25, -0.2) is 0 Å². The molecule has 0 aromatic carbocycles. The fourth-order valence-electron chi connectivity index (χ4n) is 3.31. The van der Waals surface area contributed by atoms with Crippen molar-refractivity contribution in [1.82, 2.24) is 0 Å². The molecule has 2 rings (SSSR count). The molecule has 0 amide bonds. The summed E-state index contributed by atoms with van der Waals surface area (Å²) in [5.41, 5.74) is 1.43. The highest BCUT2D eigenvalue weighted by Crippen LogP contribution is 2.46. The van der Waals surface area contributed by atoms with E-state index in [-0.39, 0.29) is 28.1 Å². The van der Waals surface area contributed by atoms with Gasteiger partial charge < -0.3 is 4.74 Å². The number of ketones is 1. The molecule has 0 saturated carbocycles. The number of hydrogen-bond acceptors (Lipinski definition) is 2. The van der Waals surface area contributed by atoms with Gasteiger partial charge >= 0.3 is 0 Å². The molecule has 1 heterocycles. The first-order chi connectivity index (χ1) is 9.45. The maximum absolute atomic E-state index is 12.9. The lowest BCUT2D eigenvalue weighted by Gasteiger charge is -2.39. The van der Waals surface area contributed by atoms with Crippen LogP contribution in [0.15, 0.2) is 23.3 Å². The first kappa shape index (κ1) is 16.5. The van der Waals surface area contributed by atoms with Gasteiger partial charge in [-0.05, 0) is 23.7 Å². The number of rotatable bonds is 1. The third kappa shape index (κ3) is 3.15. The standard InChI is InChI=1S/C19H30O2/c1-17(2,3)13-11-19(7,15-9-8-10-21-15)12-14(16(13)20)18(4,5)6/h11-12,15H,8-10H2,1-7H3. The van der Waals surface area contributed by atoms with Crippen LogP contribution in [0.4, 0.5) is 0 Å². The monoisotopic (exact) mass is 290 g/mol. The minimum absolute atomic E-state index is 0.137. The van der Waals surface area contributed by atoms with Gasteiger partial charge in [0.05, 0.1) is 6.10 Å².